The summed E-state index contributed by atoms with van der Waals surface area (Å²) < 4.78 is 14.1. The fourth-order valence-corrected chi connectivity index (χ4v) is 4.29. The van der Waals surface area contributed by atoms with Gasteiger partial charge in [-0.25, -0.2) is 9.37 Å². The molecule has 7 heteroatoms. The van der Waals surface area contributed by atoms with E-state index in [9.17, 15) is 14.0 Å². The Morgan fingerprint density at radius 3 is 2.93 bits per heavy atom. The van der Waals surface area contributed by atoms with Gasteiger partial charge in [0.05, 0.1) is 18.9 Å². The Morgan fingerprint density at radius 1 is 1.32 bits per heavy atom. The number of alkyl halides is 1. The van der Waals surface area contributed by atoms with E-state index >= 15 is 0 Å². The summed E-state index contributed by atoms with van der Waals surface area (Å²) >= 11 is 0. The highest BCUT2D eigenvalue weighted by Gasteiger charge is 2.39. The van der Waals surface area contributed by atoms with E-state index in [1.165, 1.54) is 10.8 Å². The quantitative estimate of drug-likeness (QED) is 0.813. The molecule has 0 spiro atoms. The number of aryl methyl sites for hydroxylation is 1. The highest BCUT2D eigenvalue weighted by molar-refractivity contribution is 5.91. The Bertz CT molecular complexity index is 929. The van der Waals surface area contributed by atoms with Crippen molar-refractivity contribution in [2.75, 3.05) is 24.7 Å². The monoisotopic (exact) mass is 384 g/mol. The molecule has 2 aromatic rings. The number of benzene rings is 1. The van der Waals surface area contributed by atoms with Crippen LogP contribution in [0, 0.1) is 5.92 Å². The lowest BCUT2D eigenvalue weighted by Crippen LogP contribution is -2.49. The van der Waals surface area contributed by atoms with Crippen LogP contribution in [0.2, 0.25) is 0 Å². The van der Waals surface area contributed by atoms with E-state index in [1.54, 1.807) is 6.20 Å². The zero-order valence-corrected chi connectivity index (χ0v) is 16.1. The smallest absolute Gasteiger partial charge is 0.269 e. The van der Waals surface area contributed by atoms with Crippen LogP contribution in [0.4, 0.5) is 15.9 Å². The minimum atomic E-state index is -0.631. The predicted octanol–water partition coefficient (Wildman–Crippen LogP) is 2.53. The Kier molecular flexibility index (Phi) is 5.15. The molecule has 2 aliphatic rings. The van der Waals surface area contributed by atoms with E-state index in [0.29, 0.717) is 18.2 Å². The van der Waals surface area contributed by atoms with Gasteiger partial charge in [0.15, 0.2) is 0 Å². The van der Waals surface area contributed by atoms with Crippen LogP contribution in [0.25, 0.3) is 0 Å². The van der Waals surface area contributed by atoms with E-state index in [-0.39, 0.29) is 18.0 Å². The first-order valence-electron chi connectivity index (χ1n) is 9.87. The number of likely N-dealkylation sites (tertiary alicyclic amines) is 1. The number of halogens is 1. The zero-order valence-electron chi connectivity index (χ0n) is 16.1. The number of fused-ring (bicyclic) bond motifs is 1. The molecule has 2 atom stereocenters. The standard InChI is InChI=1S/C21H25FN4O2/c1-15-5-4-9-25(13-15)21(28)18-11-16-6-2-3-7-17(16)26(18)19-14-24(10-8-22)20(27)12-23-19/h2-3,6-7,12,14-15,18H,4-5,8-11,13H2,1H3/t15-,18?/m0/s1. The van der Waals surface area contributed by atoms with Crippen molar-refractivity contribution in [1.29, 1.82) is 0 Å². The molecular formula is C21H25FN4O2. The Labute approximate surface area is 163 Å². The normalized spacial score (nSPS) is 21.6. The van der Waals surface area contributed by atoms with Crippen LogP contribution >= 0.6 is 0 Å². The minimum Gasteiger partial charge on any atom is -0.341 e. The predicted molar refractivity (Wildman–Crippen MR) is 106 cm³/mol. The van der Waals surface area contributed by atoms with Gasteiger partial charge in [0.2, 0.25) is 5.91 Å². The zero-order chi connectivity index (χ0) is 19.7. The summed E-state index contributed by atoms with van der Waals surface area (Å²) in [7, 11) is 0. The average Bonchev–Trinajstić information content (AvgIpc) is 3.09. The third kappa shape index (κ3) is 3.41. The second-order valence-corrected chi connectivity index (χ2v) is 7.72. The number of amides is 1. The lowest BCUT2D eigenvalue weighted by molar-refractivity contribution is -0.134. The Morgan fingerprint density at radius 2 is 2.14 bits per heavy atom. The minimum absolute atomic E-state index is 0.0217. The van der Waals surface area contributed by atoms with Crippen LogP contribution in [0.3, 0.4) is 0 Å². The van der Waals surface area contributed by atoms with Crippen molar-refractivity contribution in [2.45, 2.75) is 38.8 Å². The number of hydrogen-bond donors (Lipinski definition) is 0. The fraction of sp³-hybridized carbons (Fsp3) is 0.476. The second kappa shape index (κ2) is 7.73. The topological polar surface area (TPSA) is 58.4 Å². The molecule has 0 aliphatic carbocycles. The number of anilines is 2. The molecule has 6 nitrogen and oxygen atoms in total. The van der Waals surface area contributed by atoms with Gasteiger partial charge in [-0.2, -0.15) is 0 Å². The molecule has 1 amide bonds. The average molecular weight is 384 g/mol. The first-order valence-corrected chi connectivity index (χ1v) is 9.87. The van der Waals surface area contributed by atoms with Crippen molar-refractivity contribution in [3.05, 3.63) is 52.6 Å². The van der Waals surface area contributed by atoms with Crippen LogP contribution in [-0.2, 0) is 17.8 Å². The number of rotatable bonds is 4. The van der Waals surface area contributed by atoms with Crippen molar-refractivity contribution in [2.24, 2.45) is 5.92 Å². The molecule has 0 bridgehead atoms. The highest BCUT2D eigenvalue weighted by Crippen LogP contribution is 2.38. The van der Waals surface area contributed by atoms with E-state index in [0.717, 1.165) is 37.2 Å². The van der Waals surface area contributed by atoms with Gasteiger partial charge in [-0.3, -0.25) is 9.59 Å². The molecular weight excluding hydrogens is 359 g/mol. The number of piperidine rings is 1. The van der Waals surface area contributed by atoms with Gasteiger partial charge in [-0.15, -0.1) is 0 Å². The highest BCUT2D eigenvalue weighted by atomic mass is 19.1. The van der Waals surface area contributed by atoms with Crippen molar-refractivity contribution < 1.29 is 9.18 Å². The lowest BCUT2D eigenvalue weighted by atomic mass is 9.99. The summed E-state index contributed by atoms with van der Waals surface area (Å²) in [4.78, 5) is 33.5. The number of aromatic nitrogens is 2. The van der Waals surface area contributed by atoms with Crippen molar-refractivity contribution in [1.82, 2.24) is 14.5 Å². The third-order valence-corrected chi connectivity index (χ3v) is 5.66. The summed E-state index contributed by atoms with van der Waals surface area (Å²) in [5.41, 5.74) is 1.65. The van der Waals surface area contributed by atoms with Gasteiger partial charge in [-0.1, -0.05) is 25.1 Å². The molecule has 2 aliphatic heterocycles. The molecule has 148 valence electrons. The second-order valence-electron chi connectivity index (χ2n) is 7.72. The van der Waals surface area contributed by atoms with E-state index in [1.807, 2.05) is 34.1 Å². The number of carbonyl (C=O) groups is 1. The van der Waals surface area contributed by atoms with Crippen molar-refractivity contribution in [3.63, 3.8) is 0 Å². The maximum atomic E-state index is 13.4. The number of hydrogen-bond acceptors (Lipinski definition) is 4. The molecule has 0 N–H and O–H groups in total. The molecule has 0 radical (unpaired) electrons. The first-order chi connectivity index (χ1) is 13.6. The fourth-order valence-electron chi connectivity index (χ4n) is 4.29. The summed E-state index contributed by atoms with van der Waals surface area (Å²) in [6.07, 6.45) is 5.53. The molecule has 28 heavy (non-hydrogen) atoms. The molecule has 1 fully saturated rings. The largest absolute Gasteiger partial charge is 0.341 e. The van der Waals surface area contributed by atoms with E-state index < -0.39 is 12.7 Å². The van der Waals surface area contributed by atoms with Gasteiger partial charge in [0, 0.05) is 25.2 Å². The van der Waals surface area contributed by atoms with Crippen molar-refractivity contribution >= 4 is 17.4 Å². The van der Waals surface area contributed by atoms with Gasteiger partial charge in [0.25, 0.3) is 5.56 Å². The van der Waals surface area contributed by atoms with Crippen LogP contribution in [-0.4, -0.2) is 46.2 Å². The first kappa shape index (κ1) is 18.7. The maximum absolute atomic E-state index is 13.4. The molecule has 4 rings (SSSR count). The van der Waals surface area contributed by atoms with Crippen LogP contribution in [0.15, 0.2) is 41.5 Å². The van der Waals surface area contributed by atoms with Gasteiger partial charge >= 0.3 is 0 Å². The van der Waals surface area contributed by atoms with Crippen LogP contribution in [0.5, 0.6) is 0 Å². The number of carbonyl (C=O) groups excluding carboxylic acids is 1. The molecule has 1 unspecified atom stereocenters. The summed E-state index contributed by atoms with van der Waals surface area (Å²) in [6, 6.07) is 7.48. The molecule has 3 heterocycles. The summed E-state index contributed by atoms with van der Waals surface area (Å²) in [6.45, 7) is 3.07. The van der Waals surface area contributed by atoms with Gasteiger partial charge in [-0.05, 0) is 30.4 Å². The SMILES string of the molecule is C[C@H]1CCCN(C(=O)C2Cc3ccccc3N2c2cn(CCF)c(=O)cn2)C1. The molecule has 1 saturated heterocycles. The lowest BCUT2D eigenvalue weighted by Gasteiger charge is -2.35. The van der Waals surface area contributed by atoms with E-state index in [2.05, 4.69) is 11.9 Å². The maximum Gasteiger partial charge on any atom is 0.269 e. The molecule has 0 saturated carbocycles. The van der Waals surface area contributed by atoms with Crippen LogP contribution in [0.1, 0.15) is 25.3 Å². The summed E-state index contributed by atoms with van der Waals surface area (Å²) in [5.74, 6) is 1.09. The van der Waals surface area contributed by atoms with Gasteiger partial charge in [0.1, 0.15) is 18.5 Å². The van der Waals surface area contributed by atoms with Gasteiger partial charge < -0.3 is 14.4 Å². The number of nitrogens with zero attached hydrogens (tertiary/aromatic N) is 4. The third-order valence-electron chi connectivity index (χ3n) is 5.66. The Balaban J connectivity index is 1.72. The molecule has 1 aromatic heterocycles. The van der Waals surface area contributed by atoms with Crippen LogP contribution < -0.4 is 10.5 Å². The molecule has 1 aromatic carbocycles. The summed E-state index contributed by atoms with van der Waals surface area (Å²) in [5, 5.41) is 0. The Hall–Kier alpha value is -2.70. The van der Waals surface area contributed by atoms with Crippen molar-refractivity contribution in [3.8, 4) is 0 Å². The van der Waals surface area contributed by atoms with E-state index in [4.69, 9.17) is 0 Å². The number of para-hydroxylation sites is 1.